The lowest BCUT2D eigenvalue weighted by molar-refractivity contribution is 0.597. The summed E-state index contributed by atoms with van der Waals surface area (Å²) in [7, 11) is 0. The molecular weight excluding hydrogens is 213 g/mol. The van der Waals surface area contributed by atoms with Crippen LogP contribution in [-0.4, -0.2) is 5.88 Å². The van der Waals surface area contributed by atoms with E-state index in [0.29, 0.717) is 12.3 Å². The van der Waals surface area contributed by atoms with Gasteiger partial charge in [0.25, 0.3) is 5.85 Å². The van der Waals surface area contributed by atoms with Crippen molar-refractivity contribution < 1.29 is 4.57 Å². The maximum absolute atomic E-state index is 10.7. The normalized spacial score (nSPS) is 13.8. The largest absolute Gasteiger partial charge is 0.285 e. The third kappa shape index (κ3) is 6.95. The van der Waals surface area contributed by atoms with Gasteiger partial charge < -0.3 is 0 Å². The molecule has 0 N–H and O–H groups in total. The van der Waals surface area contributed by atoms with Gasteiger partial charge in [0, 0.05) is 11.7 Å². The van der Waals surface area contributed by atoms with Crippen LogP contribution in [0, 0.1) is 0 Å². The zero-order valence-electron chi connectivity index (χ0n) is 5.48. The molecule has 0 aliphatic carbocycles. The van der Waals surface area contributed by atoms with E-state index in [-0.39, 0.29) is 0 Å². The minimum absolute atomic E-state index is 0.496. The monoisotopic (exact) mass is 220 g/mol. The van der Waals surface area contributed by atoms with Crippen molar-refractivity contribution in [2.75, 3.05) is 5.88 Å². The minimum atomic E-state index is -3.03. The average Bonchev–Trinajstić information content (AvgIpc) is 1.59. The molecule has 0 saturated heterocycles. The van der Waals surface area contributed by atoms with E-state index in [2.05, 4.69) is 0 Å². The van der Waals surface area contributed by atoms with Crippen molar-refractivity contribution in [1.82, 2.24) is 0 Å². The molecule has 0 bridgehead atoms. The third-order valence-corrected chi connectivity index (χ3v) is 2.38. The van der Waals surface area contributed by atoms with Crippen LogP contribution in [-0.2, 0) is 4.57 Å². The van der Waals surface area contributed by atoms with Gasteiger partial charge in [0.1, 0.15) is 0 Å². The Balaban J connectivity index is 4.04. The summed E-state index contributed by atoms with van der Waals surface area (Å²) in [6.07, 6.45) is 0.672. The lowest BCUT2D eigenvalue weighted by atomic mass is 10.3. The fraction of sp³-hybridized carbons (Fsp3) is 0.600. The summed E-state index contributed by atoms with van der Waals surface area (Å²) in [6.45, 7) is 1.79. The first-order valence-corrected chi connectivity index (χ1v) is 6.81. The third-order valence-electron chi connectivity index (χ3n) is 0.860. The molecule has 10 heavy (non-hydrogen) atoms. The molecular formula is C5H8Cl3OP. The number of allylic oxidation sites excluding steroid dienone is 1. The summed E-state index contributed by atoms with van der Waals surface area (Å²) in [6, 6.07) is 0. The summed E-state index contributed by atoms with van der Waals surface area (Å²) in [5.74, 6) is -1.17. The van der Waals surface area contributed by atoms with E-state index in [9.17, 15) is 4.57 Å². The first-order chi connectivity index (χ1) is 4.45. The highest BCUT2D eigenvalue weighted by atomic mass is 35.9. The Bertz CT molecular complexity index is 172. The van der Waals surface area contributed by atoms with Gasteiger partial charge in [-0.1, -0.05) is 5.57 Å². The van der Waals surface area contributed by atoms with Crippen molar-refractivity contribution in [1.29, 1.82) is 0 Å². The smallest absolute Gasteiger partial charge is 0.274 e. The molecule has 0 saturated carbocycles. The molecule has 1 nitrogen and oxygen atoms in total. The zero-order valence-corrected chi connectivity index (χ0v) is 8.64. The highest BCUT2D eigenvalue weighted by Crippen LogP contribution is 2.58. The number of rotatable bonds is 3. The van der Waals surface area contributed by atoms with Gasteiger partial charge in [-0.3, -0.25) is 4.57 Å². The Labute approximate surface area is 75.3 Å². The second kappa shape index (κ2) is 4.66. The molecule has 0 unspecified atom stereocenters. The van der Waals surface area contributed by atoms with Crippen LogP contribution in [0.25, 0.3) is 0 Å². The standard InChI is InChI=1S/C5H8Cl3OP/c1-5(2-3-6)4-10(7,8)9/h4H,2-3H2,1H3/b5-4+. The molecule has 0 aliphatic rings. The van der Waals surface area contributed by atoms with Crippen LogP contribution in [0.3, 0.4) is 0 Å². The van der Waals surface area contributed by atoms with Gasteiger partial charge in [-0.25, -0.2) is 0 Å². The van der Waals surface area contributed by atoms with Crippen LogP contribution in [0.4, 0.5) is 0 Å². The van der Waals surface area contributed by atoms with Gasteiger partial charge in [0.15, 0.2) is 0 Å². The number of halogens is 3. The fourth-order valence-electron chi connectivity index (χ4n) is 0.470. The SMILES string of the molecule is C/C(=C\P(=O)(Cl)Cl)CCCl. The van der Waals surface area contributed by atoms with E-state index in [1.807, 2.05) is 0 Å². The quantitative estimate of drug-likeness (QED) is 0.516. The molecule has 5 heteroatoms. The topological polar surface area (TPSA) is 17.1 Å². The zero-order chi connectivity index (χ0) is 8.20. The second-order valence-corrected chi connectivity index (χ2v) is 7.09. The summed E-state index contributed by atoms with van der Waals surface area (Å²) in [4.78, 5) is 0. The maximum atomic E-state index is 10.7. The molecule has 0 fully saturated rings. The molecule has 0 atom stereocenters. The number of alkyl halides is 1. The van der Waals surface area contributed by atoms with Crippen molar-refractivity contribution in [3.8, 4) is 0 Å². The van der Waals surface area contributed by atoms with Gasteiger partial charge in [0.2, 0.25) is 0 Å². The molecule has 0 radical (unpaired) electrons. The van der Waals surface area contributed by atoms with E-state index >= 15 is 0 Å². The Hall–Kier alpha value is 0.840. The van der Waals surface area contributed by atoms with Crippen LogP contribution in [0.15, 0.2) is 11.4 Å². The molecule has 0 aromatic carbocycles. The van der Waals surface area contributed by atoms with Crippen molar-refractivity contribution in [2.45, 2.75) is 13.3 Å². The Morgan fingerprint density at radius 2 is 2.10 bits per heavy atom. The Morgan fingerprint density at radius 1 is 1.60 bits per heavy atom. The predicted octanol–water partition coefficient (Wildman–Crippen LogP) is 4.19. The van der Waals surface area contributed by atoms with Crippen LogP contribution in [0.1, 0.15) is 13.3 Å². The molecule has 0 heterocycles. The summed E-state index contributed by atoms with van der Waals surface area (Å²) in [5.41, 5.74) is 0.864. The van der Waals surface area contributed by atoms with E-state index in [4.69, 9.17) is 34.1 Å². The predicted molar refractivity (Wildman–Crippen MR) is 48.4 cm³/mol. The molecule has 0 amide bonds. The molecule has 0 aliphatic heterocycles. The molecule has 60 valence electrons. The molecule has 0 aromatic rings. The van der Waals surface area contributed by atoms with Crippen LogP contribution in [0.2, 0.25) is 0 Å². The van der Waals surface area contributed by atoms with Crippen molar-refractivity contribution in [2.24, 2.45) is 0 Å². The molecule has 0 aromatic heterocycles. The van der Waals surface area contributed by atoms with E-state index < -0.39 is 5.85 Å². The summed E-state index contributed by atoms with van der Waals surface area (Å²) in [5, 5.41) is 0. The van der Waals surface area contributed by atoms with E-state index in [1.165, 1.54) is 5.82 Å². The van der Waals surface area contributed by atoms with Crippen LogP contribution < -0.4 is 0 Å². The van der Waals surface area contributed by atoms with Crippen molar-refractivity contribution in [3.63, 3.8) is 0 Å². The second-order valence-electron chi connectivity index (χ2n) is 1.92. The maximum Gasteiger partial charge on any atom is 0.274 e. The summed E-state index contributed by atoms with van der Waals surface area (Å²) >= 11 is 15.9. The van der Waals surface area contributed by atoms with Crippen LogP contribution in [0.5, 0.6) is 0 Å². The summed E-state index contributed by atoms with van der Waals surface area (Å²) < 4.78 is 10.7. The lowest BCUT2D eigenvalue weighted by Gasteiger charge is -1.96. The Kier molecular flexibility index (Phi) is 5.06. The highest BCUT2D eigenvalue weighted by Gasteiger charge is 2.08. The first-order valence-electron chi connectivity index (χ1n) is 2.69. The first kappa shape index (κ1) is 10.8. The number of hydrogen-bond acceptors (Lipinski definition) is 1. The van der Waals surface area contributed by atoms with Gasteiger partial charge in [-0.2, -0.15) is 0 Å². The Morgan fingerprint density at radius 3 is 2.40 bits per heavy atom. The van der Waals surface area contributed by atoms with Gasteiger partial charge >= 0.3 is 0 Å². The molecule has 0 rings (SSSR count). The molecule has 0 spiro atoms. The van der Waals surface area contributed by atoms with Gasteiger partial charge in [0.05, 0.1) is 0 Å². The number of hydrogen-bond donors (Lipinski definition) is 0. The van der Waals surface area contributed by atoms with Crippen molar-refractivity contribution >= 4 is 39.9 Å². The van der Waals surface area contributed by atoms with Crippen molar-refractivity contribution in [3.05, 3.63) is 11.4 Å². The fourth-order valence-corrected chi connectivity index (χ4v) is 2.41. The van der Waals surface area contributed by atoms with Gasteiger partial charge in [-0.05, 0) is 35.8 Å². The highest BCUT2D eigenvalue weighted by molar-refractivity contribution is 8.10. The lowest BCUT2D eigenvalue weighted by Crippen LogP contribution is -1.75. The minimum Gasteiger partial charge on any atom is -0.285 e. The van der Waals surface area contributed by atoms with Crippen LogP contribution >= 0.6 is 39.9 Å². The average molecular weight is 221 g/mol. The van der Waals surface area contributed by atoms with E-state index in [0.717, 1.165) is 5.57 Å². The van der Waals surface area contributed by atoms with Gasteiger partial charge in [-0.15, -0.1) is 11.6 Å². The van der Waals surface area contributed by atoms with E-state index in [1.54, 1.807) is 6.92 Å².